The van der Waals surface area contributed by atoms with Gasteiger partial charge in [0.1, 0.15) is 5.01 Å². The Balaban J connectivity index is 1.74. The van der Waals surface area contributed by atoms with E-state index in [9.17, 15) is 5.11 Å². The minimum atomic E-state index is -0.912. The molecule has 1 N–H and O–H groups in total. The van der Waals surface area contributed by atoms with Gasteiger partial charge in [0.05, 0.1) is 11.6 Å². The highest BCUT2D eigenvalue weighted by Gasteiger charge is 2.10. The molecule has 0 fully saturated rings. The zero-order valence-electron chi connectivity index (χ0n) is 7.87. The first-order valence-electron chi connectivity index (χ1n) is 4.43. The van der Waals surface area contributed by atoms with Gasteiger partial charge in [0, 0.05) is 29.6 Å². The molecule has 2 rings (SSSR count). The van der Waals surface area contributed by atoms with E-state index in [1.54, 1.807) is 23.7 Å². The minimum Gasteiger partial charge on any atom is -0.362 e. The molecule has 0 aliphatic rings. The first-order valence-corrected chi connectivity index (χ1v) is 6.19. The third-order valence-corrected chi connectivity index (χ3v) is 3.38. The van der Waals surface area contributed by atoms with Crippen LogP contribution in [-0.2, 0) is 11.2 Å². The first-order chi connectivity index (χ1) is 7.36. The quantitative estimate of drug-likeness (QED) is 0.813. The molecule has 0 aliphatic carbocycles. The van der Waals surface area contributed by atoms with Crippen molar-refractivity contribution in [1.82, 2.24) is 9.97 Å². The topological polar surface area (TPSA) is 55.2 Å². The van der Waals surface area contributed by atoms with Crippen molar-refractivity contribution < 1.29 is 9.84 Å². The summed E-state index contributed by atoms with van der Waals surface area (Å²) in [7, 11) is 0. The molecule has 0 saturated heterocycles. The lowest BCUT2D eigenvalue weighted by atomic mass is 10.5. The summed E-state index contributed by atoms with van der Waals surface area (Å²) in [6.45, 7) is 0.453. The summed E-state index contributed by atoms with van der Waals surface area (Å²) in [6, 6.07) is 0. The number of nitrogens with zero attached hydrogens (tertiary/aromatic N) is 2. The molecule has 15 heavy (non-hydrogen) atoms. The Labute approximate surface area is 95.2 Å². The average molecular weight is 242 g/mol. The monoisotopic (exact) mass is 242 g/mol. The largest absolute Gasteiger partial charge is 0.362 e. The predicted molar refractivity (Wildman–Crippen MR) is 58.8 cm³/mol. The Morgan fingerprint density at radius 2 is 2.07 bits per heavy atom. The van der Waals surface area contributed by atoms with Crippen molar-refractivity contribution in [1.29, 1.82) is 0 Å². The maximum absolute atomic E-state index is 9.55. The first kappa shape index (κ1) is 10.7. The summed E-state index contributed by atoms with van der Waals surface area (Å²) in [5.74, 6) is 0. The molecule has 0 aromatic carbocycles. The Hall–Kier alpha value is -0.820. The van der Waals surface area contributed by atoms with Gasteiger partial charge in [-0.3, -0.25) is 0 Å². The summed E-state index contributed by atoms with van der Waals surface area (Å²) in [5.41, 5.74) is 0. The zero-order valence-corrected chi connectivity index (χ0v) is 9.50. The molecule has 2 aromatic rings. The Morgan fingerprint density at radius 3 is 2.73 bits per heavy atom. The number of aliphatic hydroxyl groups excluding tert-OH is 1. The lowest BCUT2D eigenvalue weighted by Gasteiger charge is -2.07. The number of hydrogen-bond donors (Lipinski definition) is 1. The van der Waals surface area contributed by atoms with Crippen LogP contribution in [0, 0.1) is 0 Å². The molecular weight excluding hydrogens is 232 g/mol. The SMILES string of the molecule is OC(OCCc1nccs1)c1nccs1. The van der Waals surface area contributed by atoms with Crippen molar-refractivity contribution in [2.75, 3.05) is 6.61 Å². The van der Waals surface area contributed by atoms with E-state index in [2.05, 4.69) is 9.97 Å². The molecule has 2 aromatic heterocycles. The summed E-state index contributed by atoms with van der Waals surface area (Å²) in [6.07, 6.45) is 3.22. The summed E-state index contributed by atoms with van der Waals surface area (Å²) in [5, 5.41) is 14.9. The Bertz CT molecular complexity index is 375. The van der Waals surface area contributed by atoms with Crippen LogP contribution < -0.4 is 0 Å². The highest BCUT2D eigenvalue weighted by Crippen LogP contribution is 2.16. The van der Waals surface area contributed by atoms with Crippen molar-refractivity contribution in [3.63, 3.8) is 0 Å². The lowest BCUT2D eigenvalue weighted by molar-refractivity contribution is -0.102. The van der Waals surface area contributed by atoms with Crippen molar-refractivity contribution in [2.24, 2.45) is 0 Å². The number of ether oxygens (including phenoxy) is 1. The molecule has 1 unspecified atom stereocenters. The van der Waals surface area contributed by atoms with Gasteiger partial charge in [0.25, 0.3) is 0 Å². The van der Waals surface area contributed by atoms with Crippen LogP contribution in [0.1, 0.15) is 16.3 Å². The van der Waals surface area contributed by atoms with E-state index in [1.165, 1.54) is 11.3 Å². The molecule has 1 atom stereocenters. The van der Waals surface area contributed by atoms with E-state index in [0.29, 0.717) is 11.6 Å². The maximum Gasteiger partial charge on any atom is 0.208 e. The highest BCUT2D eigenvalue weighted by atomic mass is 32.1. The fraction of sp³-hybridized carbons (Fsp3) is 0.333. The smallest absolute Gasteiger partial charge is 0.208 e. The Kier molecular flexibility index (Phi) is 3.79. The van der Waals surface area contributed by atoms with Gasteiger partial charge in [0.15, 0.2) is 0 Å². The van der Waals surface area contributed by atoms with Crippen molar-refractivity contribution >= 4 is 22.7 Å². The van der Waals surface area contributed by atoms with Crippen molar-refractivity contribution in [2.45, 2.75) is 12.7 Å². The number of aromatic nitrogens is 2. The van der Waals surface area contributed by atoms with Crippen molar-refractivity contribution in [3.8, 4) is 0 Å². The van der Waals surface area contributed by atoms with Crippen LogP contribution in [0.2, 0.25) is 0 Å². The van der Waals surface area contributed by atoms with Gasteiger partial charge in [-0.2, -0.15) is 0 Å². The van der Waals surface area contributed by atoms with E-state index < -0.39 is 6.29 Å². The normalized spacial score (nSPS) is 12.9. The van der Waals surface area contributed by atoms with Gasteiger partial charge < -0.3 is 9.84 Å². The lowest BCUT2D eigenvalue weighted by Crippen LogP contribution is -2.05. The van der Waals surface area contributed by atoms with Gasteiger partial charge in [-0.15, -0.1) is 22.7 Å². The Morgan fingerprint density at radius 1 is 1.27 bits per heavy atom. The van der Waals surface area contributed by atoms with Gasteiger partial charge in [0.2, 0.25) is 6.29 Å². The summed E-state index contributed by atoms with van der Waals surface area (Å²) >= 11 is 2.97. The summed E-state index contributed by atoms with van der Waals surface area (Å²) < 4.78 is 5.23. The molecular formula is C9H10N2O2S2. The fourth-order valence-electron chi connectivity index (χ4n) is 1.06. The molecule has 80 valence electrons. The molecule has 0 saturated carbocycles. The minimum absolute atomic E-state index is 0.453. The zero-order chi connectivity index (χ0) is 10.5. The molecule has 0 radical (unpaired) electrons. The molecule has 0 bridgehead atoms. The molecule has 0 spiro atoms. The van der Waals surface area contributed by atoms with Gasteiger partial charge in [-0.25, -0.2) is 9.97 Å². The van der Waals surface area contributed by atoms with Crippen molar-refractivity contribution in [3.05, 3.63) is 33.2 Å². The van der Waals surface area contributed by atoms with Crippen LogP contribution in [0.25, 0.3) is 0 Å². The van der Waals surface area contributed by atoms with Crippen LogP contribution in [0.4, 0.5) is 0 Å². The third-order valence-electron chi connectivity index (χ3n) is 1.74. The van der Waals surface area contributed by atoms with E-state index in [-0.39, 0.29) is 0 Å². The molecule has 4 nitrogen and oxygen atoms in total. The fourth-order valence-corrected chi connectivity index (χ4v) is 2.23. The van der Waals surface area contributed by atoms with Crippen LogP contribution in [0.5, 0.6) is 0 Å². The third kappa shape index (κ3) is 3.07. The maximum atomic E-state index is 9.55. The second-order valence-electron chi connectivity index (χ2n) is 2.77. The number of aliphatic hydroxyl groups is 1. The molecule has 0 aliphatic heterocycles. The predicted octanol–water partition coefficient (Wildman–Crippen LogP) is 1.85. The van der Waals surface area contributed by atoms with Gasteiger partial charge in [-0.1, -0.05) is 0 Å². The number of thiazole rings is 2. The van der Waals surface area contributed by atoms with E-state index in [1.807, 2.05) is 10.8 Å². The van der Waals surface area contributed by atoms with Crippen LogP contribution in [0.15, 0.2) is 23.2 Å². The average Bonchev–Trinajstić information content (AvgIpc) is 2.90. The van der Waals surface area contributed by atoms with Gasteiger partial charge in [-0.05, 0) is 0 Å². The van der Waals surface area contributed by atoms with E-state index in [0.717, 1.165) is 11.4 Å². The second kappa shape index (κ2) is 5.32. The second-order valence-corrected chi connectivity index (χ2v) is 4.67. The highest BCUT2D eigenvalue weighted by molar-refractivity contribution is 7.09. The number of rotatable bonds is 5. The molecule has 0 amide bonds. The van der Waals surface area contributed by atoms with Crippen LogP contribution in [0.3, 0.4) is 0 Å². The molecule has 6 heteroatoms. The molecule has 2 heterocycles. The van der Waals surface area contributed by atoms with Crippen LogP contribution in [-0.4, -0.2) is 21.7 Å². The van der Waals surface area contributed by atoms with Gasteiger partial charge >= 0.3 is 0 Å². The standard InChI is InChI=1S/C9H10N2O2S2/c12-9(8-11-3-6-15-8)13-4-1-7-10-2-5-14-7/h2-3,5-6,9,12H,1,4H2. The van der Waals surface area contributed by atoms with Crippen LogP contribution >= 0.6 is 22.7 Å². The summed E-state index contributed by atoms with van der Waals surface area (Å²) in [4.78, 5) is 8.08. The van der Waals surface area contributed by atoms with E-state index in [4.69, 9.17) is 4.74 Å². The van der Waals surface area contributed by atoms with E-state index >= 15 is 0 Å². The number of hydrogen-bond acceptors (Lipinski definition) is 6.